The fourth-order valence-corrected chi connectivity index (χ4v) is 2.40. The monoisotopic (exact) mass is 360 g/mol. The van der Waals surface area contributed by atoms with E-state index in [0.717, 1.165) is 5.56 Å². The number of carbonyl (C=O) groups is 1. The average Bonchev–Trinajstić information content (AvgIpc) is 2.36. The van der Waals surface area contributed by atoms with Gasteiger partial charge in [-0.2, -0.15) is 0 Å². The van der Waals surface area contributed by atoms with E-state index in [1.54, 1.807) is 18.2 Å². The van der Waals surface area contributed by atoms with Crippen LogP contribution in [0.3, 0.4) is 0 Å². The molecule has 0 aliphatic heterocycles. The van der Waals surface area contributed by atoms with Crippen LogP contribution in [0.5, 0.6) is 0 Å². The molecule has 0 spiro atoms. The van der Waals surface area contributed by atoms with E-state index in [0.29, 0.717) is 20.1 Å². The maximum atomic E-state index is 13.0. The summed E-state index contributed by atoms with van der Waals surface area (Å²) < 4.78 is 13.5. The summed E-state index contributed by atoms with van der Waals surface area (Å²) >= 11 is 14.9. The molecule has 0 saturated heterocycles. The molecule has 98 valence electrons. The quantitative estimate of drug-likeness (QED) is 0.676. The summed E-state index contributed by atoms with van der Waals surface area (Å²) in [6, 6.07) is 8.96. The molecule has 0 bridgehead atoms. The van der Waals surface area contributed by atoms with Crippen molar-refractivity contribution in [1.29, 1.82) is 0 Å². The highest BCUT2D eigenvalue weighted by Crippen LogP contribution is 2.24. The SMILES string of the molecule is O=C(Cc1ccc(F)cc1Br)c1ccc(Cl)c(Cl)c1. The van der Waals surface area contributed by atoms with E-state index in [1.165, 1.54) is 18.2 Å². The van der Waals surface area contributed by atoms with Gasteiger partial charge in [-0.15, -0.1) is 0 Å². The predicted molar refractivity (Wildman–Crippen MR) is 78.6 cm³/mol. The highest BCUT2D eigenvalue weighted by atomic mass is 79.9. The molecule has 0 heterocycles. The Balaban J connectivity index is 2.23. The fraction of sp³-hybridized carbons (Fsp3) is 0.0714. The lowest BCUT2D eigenvalue weighted by Crippen LogP contribution is -2.04. The first-order chi connectivity index (χ1) is 8.97. The number of carbonyl (C=O) groups excluding carboxylic acids is 1. The zero-order valence-corrected chi connectivity index (χ0v) is 12.7. The number of hydrogen-bond donors (Lipinski definition) is 0. The van der Waals surface area contributed by atoms with Gasteiger partial charge in [-0.3, -0.25) is 4.79 Å². The Kier molecular flexibility index (Phi) is 4.61. The highest BCUT2D eigenvalue weighted by Gasteiger charge is 2.11. The fourth-order valence-electron chi connectivity index (χ4n) is 1.61. The second-order valence-corrected chi connectivity index (χ2v) is 5.63. The van der Waals surface area contributed by atoms with Crippen LogP contribution < -0.4 is 0 Å². The van der Waals surface area contributed by atoms with Gasteiger partial charge in [0.15, 0.2) is 5.78 Å². The van der Waals surface area contributed by atoms with E-state index in [4.69, 9.17) is 23.2 Å². The normalized spacial score (nSPS) is 10.5. The van der Waals surface area contributed by atoms with Gasteiger partial charge in [0.25, 0.3) is 0 Å². The Morgan fingerprint density at radius 2 is 1.84 bits per heavy atom. The number of rotatable bonds is 3. The van der Waals surface area contributed by atoms with Crippen molar-refractivity contribution in [2.24, 2.45) is 0 Å². The minimum Gasteiger partial charge on any atom is -0.294 e. The molecule has 2 rings (SSSR count). The molecule has 0 unspecified atom stereocenters. The van der Waals surface area contributed by atoms with Crippen LogP contribution in [0, 0.1) is 5.82 Å². The summed E-state index contributed by atoms with van der Waals surface area (Å²) in [5.41, 5.74) is 1.20. The molecule has 0 saturated carbocycles. The molecule has 0 N–H and O–H groups in total. The van der Waals surface area contributed by atoms with E-state index in [-0.39, 0.29) is 18.0 Å². The molecule has 0 aromatic heterocycles. The zero-order valence-electron chi connectivity index (χ0n) is 9.59. The van der Waals surface area contributed by atoms with Gasteiger partial charge >= 0.3 is 0 Å². The molecule has 19 heavy (non-hydrogen) atoms. The smallest absolute Gasteiger partial charge is 0.167 e. The van der Waals surface area contributed by atoms with Crippen LogP contribution in [0.15, 0.2) is 40.9 Å². The highest BCUT2D eigenvalue weighted by molar-refractivity contribution is 9.10. The second kappa shape index (κ2) is 6.04. The van der Waals surface area contributed by atoms with Crippen LogP contribution in [0.2, 0.25) is 10.0 Å². The summed E-state index contributed by atoms with van der Waals surface area (Å²) in [6.45, 7) is 0. The van der Waals surface area contributed by atoms with E-state index < -0.39 is 0 Å². The van der Waals surface area contributed by atoms with Gasteiger partial charge in [0, 0.05) is 16.5 Å². The molecular formula is C14H8BrCl2FO. The lowest BCUT2D eigenvalue weighted by Gasteiger charge is -2.05. The number of halogens is 4. The molecule has 2 aromatic rings. The van der Waals surface area contributed by atoms with E-state index in [9.17, 15) is 9.18 Å². The number of hydrogen-bond acceptors (Lipinski definition) is 1. The largest absolute Gasteiger partial charge is 0.294 e. The Hall–Kier alpha value is -0.900. The summed E-state index contributed by atoms with van der Waals surface area (Å²) in [5.74, 6) is -0.455. The van der Waals surface area contributed by atoms with Crippen molar-refractivity contribution in [3.05, 3.63) is 67.9 Å². The van der Waals surface area contributed by atoms with Crippen molar-refractivity contribution in [1.82, 2.24) is 0 Å². The summed E-state index contributed by atoms with van der Waals surface area (Å²) in [7, 11) is 0. The minimum absolute atomic E-state index is 0.106. The molecular weight excluding hydrogens is 354 g/mol. The third-order valence-electron chi connectivity index (χ3n) is 2.61. The molecule has 0 radical (unpaired) electrons. The minimum atomic E-state index is -0.349. The van der Waals surface area contributed by atoms with Gasteiger partial charge in [-0.1, -0.05) is 45.2 Å². The zero-order chi connectivity index (χ0) is 14.0. The van der Waals surface area contributed by atoms with Crippen molar-refractivity contribution in [2.45, 2.75) is 6.42 Å². The molecule has 0 amide bonds. The lowest BCUT2D eigenvalue weighted by molar-refractivity contribution is 0.0993. The molecule has 0 fully saturated rings. The van der Waals surface area contributed by atoms with Crippen molar-refractivity contribution in [3.63, 3.8) is 0 Å². The predicted octanol–water partition coefficient (Wildman–Crippen LogP) is 5.32. The Bertz CT molecular complexity index is 643. The number of benzene rings is 2. The standard InChI is InChI=1S/C14H8BrCl2FO/c15-11-7-10(18)3-1-8(11)6-14(19)9-2-4-12(16)13(17)5-9/h1-5,7H,6H2. The van der Waals surface area contributed by atoms with E-state index in [1.807, 2.05) is 0 Å². The van der Waals surface area contributed by atoms with Gasteiger partial charge < -0.3 is 0 Å². The third kappa shape index (κ3) is 3.56. The lowest BCUT2D eigenvalue weighted by atomic mass is 10.0. The van der Waals surface area contributed by atoms with Crippen LogP contribution in [-0.4, -0.2) is 5.78 Å². The molecule has 0 aliphatic carbocycles. The molecule has 0 atom stereocenters. The van der Waals surface area contributed by atoms with E-state index >= 15 is 0 Å². The molecule has 5 heteroatoms. The van der Waals surface area contributed by atoms with Gasteiger partial charge in [-0.05, 0) is 35.9 Å². The first-order valence-electron chi connectivity index (χ1n) is 5.39. The van der Waals surface area contributed by atoms with E-state index in [2.05, 4.69) is 15.9 Å². The van der Waals surface area contributed by atoms with Gasteiger partial charge in [0.1, 0.15) is 5.82 Å². The Morgan fingerprint density at radius 1 is 1.11 bits per heavy atom. The summed E-state index contributed by atoms with van der Waals surface area (Å²) in [6.07, 6.45) is 0.166. The van der Waals surface area contributed by atoms with Crippen molar-refractivity contribution < 1.29 is 9.18 Å². The van der Waals surface area contributed by atoms with Crippen LogP contribution in [-0.2, 0) is 6.42 Å². The van der Waals surface area contributed by atoms with Gasteiger partial charge in [-0.25, -0.2) is 4.39 Å². The molecule has 2 aromatic carbocycles. The first-order valence-corrected chi connectivity index (χ1v) is 6.94. The van der Waals surface area contributed by atoms with Crippen LogP contribution in [0.25, 0.3) is 0 Å². The Labute approximate surface area is 128 Å². The Morgan fingerprint density at radius 3 is 2.47 bits per heavy atom. The summed E-state index contributed by atoms with van der Waals surface area (Å²) in [5, 5.41) is 0.742. The second-order valence-electron chi connectivity index (χ2n) is 3.96. The third-order valence-corrected chi connectivity index (χ3v) is 4.08. The summed E-state index contributed by atoms with van der Waals surface area (Å²) in [4.78, 5) is 12.1. The maximum Gasteiger partial charge on any atom is 0.167 e. The van der Waals surface area contributed by atoms with Crippen LogP contribution in [0.4, 0.5) is 4.39 Å². The topological polar surface area (TPSA) is 17.1 Å². The van der Waals surface area contributed by atoms with Crippen LogP contribution in [0.1, 0.15) is 15.9 Å². The average molecular weight is 362 g/mol. The molecule has 1 nitrogen and oxygen atoms in total. The van der Waals surface area contributed by atoms with Crippen molar-refractivity contribution in [3.8, 4) is 0 Å². The first kappa shape index (κ1) is 14.5. The van der Waals surface area contributed by atoms with Crippen molar-refractivity contribution in [2.75, 3.05) is 0 Å². The van der Waals surface area contributed by atoms with Crippen LogP contribution >= 0.6 is 39.1 Å². The number of Topliss-reactive ketones (excluding diaryl/α,β-unsaturated/α-hetero) is 1. The molecule has 0 aliphatic rings. The van der Waals surface area contributed by atoms with Crippen molar-refractivity contribution >= 4 is 44.9 Å². The number of ketones is 1. The van der Waals surface area contributed by atoms with Gasteiger partial charge in [0.2, 0.25) is 0 Å². The van der Waals surface area contributed by atoms with Gasteiger partial charge in [0.05, 0.1) is 10.0 Å². The maximum absolute atomic E-state index is 13.0.